The maximum Gasteiger partial charge on any atom is 0.250 e. The van der Waals surface area contributed by atoms with Gasteiger partial charge in [0.25, 0.3) is 0 Å². The molecule has 3 rings (SSSR count). The number of benzene rings is 2. The standard InChI is InChI=1S/C22H24N4O2S/c1-25(2)17-6-8-18(9-7-17)26-14-4-5-19(26)15-23-24-22(27)16-29-21-12-10-20(28-3)11-13-21/h4-15H,16H2,1-3H3,(H,24,27)/b23-15+. The van der Waals surface area contributed by atoms with Gasteiger partial charge in [0.05, 0.1) is 24.8 Å². The molecule has 0 spiro atoms. The minimum absolute atomic E-state index is 0.157. The first kappa shape index (κ1) is 20.5. The van der Waals surface area contributed by atoms with Crippen LogP contribution in [0.3, 0.4) is 0 Å². The van der Waals surface area contributed by atoms with Crippen LogP contribution in [0.2, 0.25) is 0 Å². The van der Waals surface area contributed by atoms with Crippen LogP contribution in [0.5, 0.6) is 5.75 Å². The first-order valence-electron chi connectivity index (χ1n) is 9.10. The molecule has 1 amide bonds. The highest BCUT2D eigenvalue weighted by Crippen LogP contribution is 2.21. The normalized spacial score (nSPS) is 10.9. The maximum atomic E-state index is 12.0. The van der Waals surface area contributed by atoms with Crippen molar-refractivity contribution in [1.29, 1.82) is 0 Å². The molecule has 0 bridgehead atoms. The summed E-state index contributed by atoms with van der Waals surface area (Å²) in [5, 5.41) is 4.10. The number of hydrazone groups is 1. The summed E-state index contributed by atoms with van der Waals surface area (Å²) in [7, 11) is 5.65. The van der Waals surface area contributed by atoms with E-state index < -0.39 is 0 Å². The molecule has 0 fully saturated rings. The summed E-state index contributed by atoms with van der Waals surface area (Å²) in [6.07, 6.45) is 3.61. The molecule has 0 radical (unpaired) electrons. The van der Waals surface area contributed by atoms with Crippen LogP contribution >= 0.6 is 11.8 Å². The van der Waals surface area contributed by atoms with Gasteiger partial charge in [-0.05, 0) is 60.7 Å². The fourth-order valence-corrected chi connectivity index (χ4v) is 3.36. The van der Waals surface area contributed by atoms with Crippen LogP contribution in [0, 0.1) is 0 Å². The quantitative estimate of drug-likeness (QED) is 0.350. The average Bonchev–Trinajstić information content (AvgIpc) is 3.21. The Balaban J connectivity index is 1.55. The number of rotatable bonds is 8. The van der Waals surface area contributed by atoms with Gasteiger partial charge in [-0.15, -0.1) is 11.8 Å². The van der Waals surface area contributed by atoms with E-state index >= 15 is 0 Å². The van der Waals surface area contributed by atoms with E-state index in [2.05, 4.69) is 39.7 Å². The molecule has 1 N–H and O–H groups in total. The highest BCUT2D eigenvalue weighted by molar-refractivity contribution is 8.00. The average molecular weight is 409 g/mol. The third kappa shape index (κ3) is 5.65. The van der Waals surface area contributed by atoms with E-state index in [1.54, 1.807) is 13.3 Å². The number of carbonyl (C=O) groups is 1. The van der Waals surface area contributed by atoms with Gasteiger partial charge in [-0.2, -0.15) is 5.10 Å². The molecule has 0 saturated heterocycles. The van der Waals surface area contributed by atoms with Crippen LogP contribution in [0.4, 0.5) is 5.69 Å². The summed E-state index contributed by atoms with van der Waals surface area (Å²) in [6, 6.07) is 19.7. The van der Waals surface area contributed by atoms with Crippen molar-refractivity contribution in [2.24, 2.45) is 5.10 Å². The fourth-order valence-electron chi connectivity index (χ4n) is 2.67. The van der Waals surface area contributed by atoms with E-state index in [0.29, 0.717) is 0 Å². The summed E-state index contributed by atoms with van der Waals surface area (Å²) in [5.74, 6) is 0.926. The van der Waals surface area contributed by atoms with Crippen molar-refractivity contribution in [3.05, 3.63) is 72.6 Å². The molecule has 6 nitrogen and oxygen atoms in total. The van der Waals surface area contributed by atoms with E-state index in [1.807, 2.05) is 61.3 Å². The van der Waals surface area contributed by atoms with Crippen LogP contribution in [0.1, 0.15) is 5.69 Å². The molecule has 29 heavy (non-hydrogen) atoms. The molecule has 0 atom stereocenters. The molecule has 7 heteroatoms. The number of amides is 1. The predicted molar refractivity (Wildman–Crippen MR) is 120 cm³/mol. The first-order chi connectivity index (χ1) is 14.1. The number of carbonyl (C=O) groups excluding carboxylic acids is 1. The van der Waals surface area contributed by atoms with Crippen LogP contribution in [0.15, 0.2) is 76.9 Å². The molecule has 3 aromatic rings. The Hall–Kier alpha value is -3.19. The predicted octanol–water partition coefficient (Wildman–Crippen LogP) is 3.79. The Morgan fingerprint density at radius 1 is 1.14 bits per heavy atom. The number of aromatic nitrogens is 1. The molecule has 0 saturated carbocycles. The lowest BCUT2D eigenvalue weighted by Gasteiger charge is -2.13. The van der Waals surface area contributed by atoms with E-state index in [1.165, 1.54) is 11.8 Å². The number of anilines is 1. The Morgan fingerprint density at radius 3 is 2.52 bits per heavy atom. The summed E-state index contributed by atoms with van der Waals surface area (Å²) in [5.41, 5.74) is 5.63. The van der Waals surface area contributed by atoms with Crippen LogP contribution in [-0.4, -0.2) is 43.6 Å². The second kappa shape index (κ2) is 9.84. The summed E-state index contributed by atoms with van der Waals surface area (Å²) in [4.78, 5) is 15.1. The van der Waals surface area contributed by atoms with Crippen molar-refractivity contribution < 1.29 is 9.53 Å². The van der Waals surface area contributed by atoms with Crippen LogP contribution in [-0.2, 0) is 4.79 Å². The number of ether oxygens (including phenoxy) is 1. The van der Waals surface area contributed by atoms with Crippen molar-refractivity contribution >= 4 is 29.6 Å². The van der Waals surface area contributed by atoms with E-state index in [-0.39, 0.29) is 11.7 Å². The van der Waals surface area contributed by atoms with Gasteiger partial charge in [0.2, 0.25) is 5.91 Å². The molecule has 0 aliphatic carbocycles. The van der Waals surface area contributed by atoms with Gasteiger partial charge in [-0.1, -0.05) is 0 Å². The summed E-state index contributed by atoms with van der Waals surface area (Å²) < 4.78 is 7.14. The zero-order chi connectivity index (χ0) is 20.6. The Kier molecular flexibility index (Phi) is 6.97. The van der Waals surface area contributed by atoms with Gasteiger partial charge in [0.15, 0.2) is 0 Å². The zero-order valence-corrected chi connectivity index (χ0v) is 17.5. The third-order valence-corrected chi connectivity index (χ3v) is 5.25. The van der Waals surface area contributed by atoms with Crippen molar-refractivity contribution in [2.45, 2.75) is 4.90 Å². The molecular weight excluding hydrogens is 384 g/mol. The highest BCUT2D eigenvalue weighted by atomic mass is 32.2. The van der Waals surface area contributed by atoms with Crippen molar-refractivity contribution in [3.63, 3.8) is 0 Å². The lowest BCUT2D eigenvalue weighted by molar-refractivity contribution is -0.118. The van der Waals surface area contributed by atoms with Gasteiger partial charge in [0.1, 0.15) is 5.75 Å². The Bertz CT molecular complexity index is 963. The number of methoxy groups -OCH3 is 1. The molecule has 0 unspecified atom stereocenters. The first-order valence-corrected chi connectivity index (χ1v) is 10.1. The minimum atomic E-state index is -0.157. The Morgan fingerprint density at radius 2 is 1.86 bits per heavy atom. The molecular formula is C22H24N4O2S. The SMILES string of the molecule is COc1ccc(SCC(=O)N/N=C/c2cccn2-c2ccc(N(C)C)cc2)cc1. The Labute approximate surface area is 175 Å². The van der Waals surface area contributed by atoms with Gasteiger partial charge < -0.3 is 14.2 Å². The lowest BCUT2D eigenvalue weighted by Crippen LogP contribution is -2.19. The molecule has 1 aromatic heterocycles. The van der Waals surface area contributed by atoms with Gasteiger partial charge in [0, 0.05) is 36.6 Å². The van der Waals surface area contributed by atoms with E-state index in [0.717, 1.165) is 27.7 Å². The van der Waals surface area contributed by atoms with Crippen molar-refractivity contribution in [1.82, 2.24) is 9.99 Å². The highest BCUT2D eigenvalue weighted by Gasteiger charge is 2.04. The number of hydrogen-bond donors (Lipinski definition) is 1. The summed E-state index contributed by atoms with van der Waals surface area (Å²) in [6.45, 7) is 0. The molecule has 2 aromatic carbocycles. The zero-order valence-electron chi connectivity index (χ0n) is 16.7. The van der Waals surface area contributed by atoms with Crippen molar-refractivity contribution in [2.75, 3.05) is 31.9 Å². The van der Waals surface area contributed by atoms with E-state index in [4.69, 9.17) is 4.74 Å². The van der Waals surface area contributed by atoms with Crippen molar-refractivity contribution in [3.8, 4) is 11.4 Å². The number of thioether (sulfide) groups is 1. The second-order valence-corrected chi connectivity index (χ2v) is 7.52. The topological polar surface area (TPSA) is 58.9 Å². The number of hydrogen-bond acceptors (Lipinski definition) is 5. The largest absolute Gasteiger partial charge is 0.497 e. The van der Waals surface area contributed by atoms with Crippen LogP contribution in [0.25, 0.3) is 5.69 Å². The monoisotopic (exact) mass is 408 g/mol. The second-order valence-electron chi connectivity index (χ2n) is 6.47. The molecule has 150 valence electrons. The molecule has 1 heterocycles. The van der Waals surface area contributed by atoms with Gasteiger partial charge >= 0.3 is 0 Å². The maximum absolute atomic E-state index is 12.0. The number of nitrogens with one attached hydrogen (secondary N) is 1. The fraction of sp³-hybridized carbons (Fsp3) is 0.182. The lowest BCUT2D eigenvalue weighted by atomic mass is 10.2. The van der Waals surface area contributed by atoms with Gasteiger partial charge in [-0.3, -0.25) is 4.79 Å². The molecule has 0 aliphatic rings. The van der Waals surface area contributed by atoms with Crippen LogP contribution < -0.4 is 15.1 Å². The molecule has 0 aliphatic heterocycles. The minimum Gasteiger partial charge on any atom is -0.497 e. The number of nitrogens with zero attached hydrogens (tertiary/aromatic N) is 3. The van der Waals surface area contributed by atoms with E-state index in [9.17, 15) is 4.79 Å². The summed E-state index contributed by atoms with van der Waals surface area (Å²) >= 11 is 1.45. The van der Waals surface area contributed by atoms with Gasteiger partial charge in [-0.25, -0.2) is 5.43 Å². The smallest absolute Gasteiger partial charge is 0.250 e. The third-order valence-electron chi connectivity index (χ3n) is 4.24.